The van der Waals surface area contributed by atoms with E-state index in [4.69, 9.17) is 17.0 Å². The number of hydrogen-bond donors (Lipinski definition) is 2. The Morgan fingerprint density at radius 3 is 3.07 bits per heavy atom. The second kappa shape index (κ2) is 3.34. The second-order valence-corrected chi connectivity index (χ2v) is 4.29. The predicted octanol–water partition coefficient (Wildman–Crippen LogP) is 2.41. The summed E-state index contributed by atoms with van der Waals surface area (Å²) in [7, 11) is 0. The molecule has 5 heteroatoms. The summed E-state index contributed by atoms with van der Waals surface area (Å²) in [5.74, 6) is 1.41. The zero-order valence-electron chi connectivity index (χ0n) is 8.12. The number of aromatic amines is 2. The first kappa shape index (κ1) is 8.91. The van der Waals surface area contributed by atoms with E-state index in [0.717, 1.165) is 23.7 Å². The third kappa shape index (κ3) is 1.87. The molecule has 0 amide bonds. The maximum atomic E-state index is 5.57. The number of ether oxygens (including phenoxy) is 1. The molecule has 1 saturated carbocycles. The van der Waals surface area contributed by atoms with Gasteiger partial charge in [-0.3, -0.25) is 0 Å². The van der Waals surface area contributed by atoms with Crippen molar-refractivity contribution in [3.63, 3.8) is 0 Å². The zero-order chi connectivity index (χ0) is 10.3. The molecule has 0 radical (unpaired) electrons. The van der Waals surface area contributed by atoms with Crippen LogP contribution in [0.2, 0.25) is 0 Å². The van der Waals surface area contributed by atoms with E-state index in [9.17, 15) is 0 Å². The van der Waals surface area contributed by atoms with Gasteiger partial charge < -0.3 is 14.7 Å². The summed E-state index contributed by atoms with van der Waals surface area (Å²) in [5.41, 5.74) is 1.67. The minimum atomic E-state index is 0.594. The number of hydrogen-bond acceptors (Lipinski definition) is 3. The number of pyridine rings is 1. The van der Waals surface area contributed by atoms with E-state index in [1.165, 1.54) is 12.8 Å². The molecule has 2 aromatic heterocycles. The number of nitrogens with zero attached hydrogens (tertiary/aromatic N) is 1. The van der Waals surface area contributed by atoms with Crippen LogP contribution in [0, 0.1) is 10.7 Å². The van der Waals surface area contributed by atoms with Crippen LogP contribution in [0.25, 0.3) is 11.2 Å². The normalized spacial score (nSPS) is 15.7. The molecule has 0 saturated heterocycles. The van der Waals surface area contributed by atoms with E-state index in [0.29, 0.717) is 10.7 Å². The van der Waals surface area contributed by atoms with Crippen molar-refractivity contribution in [2.24, 2.45) is 5.92 Å². The molecule has 2 aromatic rings. The highest BCUT2D eigenvalue weighted by Gasteiger charge is 2.22. The monoisotopic (exact) mass is 221 g/mol. The molecule has 1 aliphatic rings. The molecule has 4 nitrogen and oxygen atoms in total. The van der Waals surface area contributed by atoms with Crippen molar-refractivity contribution in [3.05, 3.63) is 16.9 Å². The first-order valence-electron chi connectivity index (χ1n) is 5.03. The van der Waals surface area contributed by atoms with Gasteiger partial charge in [-0.1, -0.05) is 0 Å². The third-order valence-electron chi connectivity index (χ3n) is 2.51. The molecule has 2 heterocycles. The minimum Gasteiger partial charge on any atom is -0.477 e. The van der Waals surface area contributed by atoms with Crippen LogP contribution in [-0.4, -0.2) is 21.6 Å². The van der Waals surface area contributed by atoms with Crippen LogP contribution < -0.4 is 4.74 Å². The Labute approximate surface area is 91.7 Å². The summed E-state index contributed by atoms with van der Waals surface area (Å²) in [4.78, 5) is 10.3. The van der Waals surface area contributed by atoms with Gasteiger partial charge in [-0.25, -0.2) is 0 Å². The first-order valence-corrected chi connectivity index (χ1v) is 5.44. The number of rotatable bonds is 3. The standard InChI is InChI=1S/C10H11N3OS/c15-10-11-7-3-4-8(12-9(7)13-10)14-5-6-1-2-6/h3-4,6H,1-2,5H2,(H2,11,12,13,15). The lowest BCUT2D eigenvalue weighted by atomic mass is 10.4. The van der Waals surface area contributed by atoms with Gasteiger partial charge in [0.15, 0.2) is 10.4 Å². The van der Waals surface area contributed by atoms with E-state index >= 15 is 0 Å². The largest absolute Gasteiger partial charge is 0.477 e. The lowest BCUT2D eigenvalue weighted by molar-refractivity contribution is 0.289. The Morgan fingerprint density at radius 2 is 2.27 bits per heavy atom. The van der Waals surface area contributed by atoms with Crippen molar-refractivity contribution in [3.8, 4) is 5.88 Å². The summed E-state index contributed by atoms with van der Waals surface area (Å²) >= 11 is 4.98. The molecule has 78 valence electrons. The molecule has 1 aliphatic carbocycles. The van der Waals surface area contributed by atoms with Gasteiger partial charge in [0.2, 0.25) is 5.88 Å². The van der Waals surface area contributed by atoms with Crippen molar-refractivity contribution in [2.45, 2.75) is 12.8 Å². The second-order valence-electron chi connectivity index (χ2n) is 3.88. The summed E-state index contributed by atoms with van der Waals surface area (Å²) in [6.45, 7) is 0.781. The van der Waals surface area contributed by atoms with Crippen LogP contribution in [-0.2, 0) is 0 Å². The van der Waals surface area contributed by atoms with Crippen LogP contribution in [0.3, 0.4) is 0 Å². The predicted molar refractivity (Wildman–Crippen MR) is 59.5 cm³/mol. The minimum absolute atomic E-state index is 0.594. The Balaban J connectivity index is 1.87. The van der Waals surface area contributed by atoms with Gasteiger partial charge >= 0.3 is 0 Å². The fourth-order valence-corrected chi connectivity index (χ4v) is 1.67. The van der Waals surface area contributed by atoms with Crippen LogP contribution in [0.15, 0.2) is 12.1 Å². The van der Waals surface area contributed by atoms with Gasteiger partial charge in [0.05, 0.1) is 12.1 Å². The molecule has 0 unspecified atom stereocenters. The Kier molecular flexibility index (Phi) is 1.98. The Bertz CT molecular complexity index is 541. The Hall–Kier alpha value is -1.36. The smallest absolute Gasteiger partial charge is 0.215 e. The van der Waals surface area contributed by atoms with E-state index in [2.05, 4.69) is 15.0 Å². The number of aromatic nitrogens is 3. The fraction of sp³-hybridized carbons (Fsp3) is 0.400. The summed E-state index contributed by atoms with van der Waals surface area (Å²) in [6.07, 6.45) is 2.57. The SMILES string of the molecule is S=c1[nH]c2ccc(OCC3CC3)nc2[nH]1. The molecule has 0 bridgehead atoms. The van der Waals surface area contributed by atoms with Crippen LogP contribution in [0.4, 0.5) is 0 Å². The third-order valence-corrected chi connectivity index (χ3v) is 2.72. The van der Waals surface area contributed by atoms with Crippen molar-refractivity contribution < 1.29 is 4.74 Å². The van der Waals surface area contributed by atoms with E-state index in [-0.39, 0.29) is 0 Å². The summed E-state index contributed by atoms with van der Waals surface area (Å²) in [6, 6.07) is 3.79. The highest BCUT2D eigenvalue weighted by Crippen LogP contribution is 2.29. The summed E-state index contributed by atoms with van der Waals surface area (Å²) in [5, 5.41) is 0. The molecule has 1 fully saturated rings. The van der Waals surface area contributed by atoms with Crippen molar-refractivity contribution in [1.29, 1.82) is 0 Å². The lowest BCUT2D eigenvalue weighted by Gasteiger charge is -2.02. The van der Waals surface area contributed by atoms with Gasteiger partial charge in [-0.05, 0) is 37.0 Å². The van der Waals surface area contributed by atoms with Crippen molar-refractivity contribution in [2.75, 3.05) is 6.61 Å². The average Bonchev–Trinajstić information content (AvgIpc) is 2.96. The van der Waals surface area contributed by atoms with Gasteiger partial charge in [0.1, 0.15) is 0 Å². The van der Waals surface area contributed by atoms with Crippen LogP contribution in [0.1, 0.15) is 12.8 Å². The fourth-order valence-electron chi connectivity index (χ4n) is 1.47. The molecule has 0 atom stereocenters. The lowest BCUT2D eigenvalue weighted by Crippen LogP contribution is -2.00. The molecule has 2 N–H and O–H groups in total. The highest BCUT2D eigenvalue weighted by atomic mass is 32.1. The number of nitrogens with one attached hydrogen (secondary N) is 2. The van der Waals surface area contributed by atoms with Crippen molar-refractivity contribution >= 4 is 23.4 Å². The number of fused-ring (bicyclic) bond motifs is 1. The number of H-pyrrole nitrogens is 2. The molecular formula is C10H11N3OS. The van der Waals surface area contributed by atoms with Crippen LogP contribution in [0.5, 0.6) is 5.88 Å². The average molecular weight is 221 g/mol. The molecule has 0 spiro atoms. The van der Waals surface area contributed by atoms with E-state index in [1.807, 2.05) is 12.1 Å². The van der Waals surface area contributed by atoms with Gasteiger partial charge in [-0.2, -0.15) is 4.98 Å². The quantitative estimate of drug-likeness (QED) is 0.782. The summed E-state index contributed by atoms with van der Waals surface area (Å²) < 4.78 is 6.16. The first-order chi connectivity index (χ1) is 7.31. The van der Waals surface area contributed by atoms with Crippen molar-refractivity contribution in [1.82, 2.24) is 15.0 Å². The highest BCUT2D eigenvalue weighted by molar-refractivity contribution is 7.71. The zero-order valence-corrected chi connectivity index (χ0v) is 8.93. The molecule has 3 rings (SSSR count). The maximum absolute atomic E-state index is 5.57. The van der Waals surface area contributed by atoms with Gasteiger partial charge in [0.25, 0.3) is 0 Å². The van der Waals surface area contributed by atoms with Gasteiger partial charge in [0, 0.05) is 6.07 Å². The number of imidazole rings is 1. The topological polar surface area (TPSA) is 53.7 Å². The molecule has 0 aliphatic heterocycles. The maximum Gasteiger partial charge on any atom is 0.215 e. The Morgan fingerprint density at radius 1 is 1.40 bits per heavy atom. The van der Waals surface area contributed by atoms with Crippen LogP contribution >= 0.6 is 12.2 Å². The molecule has 15 heavy (non-hydrogen) atoms. The van der Waals surface area contributed by atoms with Gasteiger partial charge in [-0.15, -0.1) is 0 Å². The molecular weight excluding hydrogens is 210 g/mol. The van der Waals surface area contributed by atoms with E-state index in [1.54, 1.807) is 0 Å². The molecule has 0 aromatic carbocycles. The van der Waals surface area contributed by atoms with E-state index < -0.39 is 0 Å².